The summed E-state index contributed by atoms with van der Waals surface area (Å²) in [6.07, 6.45) is 0.892. The molecule has 0 aliphatic carbocycles. The van der Waals surface area contributed by atoms with E-state index in [-0.39, 0.29) is 16.7 Å². The third-order valence-corrected chi connectivity index (χ3v) is 3.93. The van der Waals surface area contributed by atoms with Crippen molar-refractivity contribution in [1.82, 2.24) is 0 Å². The van der Waals surface area contributed by atoms with Crippen molar-refractivity contribution in [3.05, 3.63) is 68.2 Å². The summed E-state index contributed by atoms with van der Waals surface area (Å²) in [4.78, 5) is 10.5. The number of nitro benzene ring substituents is 1. The average Bonchev–Trinajstić information content (AvgIpc) is 2.43. The van der Waals surface area contributed by atoms with Gasteiger partial charge < -0.3 is 5.32 Å². The highest BCUT2D eigenvalue weighted by Crippen LogP contribution is 2.31. The third-order valence-electron chi connectivity index (χ3n) is 3.27. The maximum Gasteiger partial charge on any atom is 0.273 e. The number of hydrogen-bond donors (Lipinski definition) is 1. The zero-order valence-electron chi connectivity index (χ0n) is 12.0. The normalized spacial score (nSPS) is 12.0. The van der Waals surface area contributed by atoms with Crippen LogP contribution in [-0.4, -0.2) is 11.0 Å². The first-order valence-electron chi connectivity index (χ1n) is 6.72. The maximum atomic E-state index is 10.9. The van der Waals surface area contributed by atoms with Crippen molar-refractivity contribution in [3.63, 3.8) is 0 Å². The first-order valence-corrected chi connectivity index (χ1v) is 7.51. The molecule has 1 unspecified atom stereocenters. The Balaban J connectivity index is 2.12. The largest absolute Gasteiger partial charge is 0.381 e. The average molecular weight is 349 g/mol. The molecule has 2 aromatic rings. The monoisotopic (exact) mass is 348 g/mol. The Kier molecular flexibility index (Phi) is 4.96. The molecule has 0 bridgehead atoms. The van der Waals surface area contributed by atoms with Gasteiger partial charge >= 0.3 is 0 Å². The summed E-state index contributed by atoms with van der Waals surface area (Å²) < 4.78 is 0.708. The van der Waals surface area contributed by atoms with Crippen LogP contribution in [-0.2, 0) is 6.42 Å². The molecular formula is C16H17BrN2O2. The van der Waals surface area contributed by atoms with Gasteiger partial charge in [0, 0.05) is 27.8 Å². The Morgan fingerprint density at radius 1 is 1.29 bits per heavy atom. The predicted molar refractivity (Wildman–Crippen MR) is 88.8 cm³/mol. The van der Waals surface area contributed by atoms with Crippen LogP contribution in [0.2, 0.25) is 0 Å². The smallest absolute Gasteiger partial charge is 0.273 e. The molecule has 21 heavy (non-hydrogen) atoms. The van der Waals surface area contributed by atoms with Gasteiger partial charge in [0.2, 0.25) is 0 Å². The molecule has 2 rings (SSSR count). The fourth-order valence-electron chi connectivity index (χ4n) is 2.26. The molecule has 1 N–H and O–H groups in total. The van der Waals surface area contributed by atoms with Crippen LogP contribution in [0.5, 0.6) is 0 Å². The number of benzene rings is 2. The van der Waals surface area contributed by atoms with E-state index in [0.29, 0.717) is 10.0 Å². The number of halogens is 1. The topological polar surface area (TPSA) is 55.2 Å². The standard InChI is InChI=1S/C16H17BrN2O2/c1-11-8-15(14(17)10-16(11)19(20)21)18-12(2)9-13-6-4-3-5-7-13/h3-8,10,12,18H,9H2,1-2H3. The minimum Gasteiger partial charge on any atom is -0.381 e. The van der Waals surface area contributed by atoms with Crippen molar-refractivity contribution >= 4 is 27.3 Å². The third kappa shape index (κ3) is 4.04. The number of aryl methyl sites for hydroxylation is 1. The van der Waals surface area contributed by atoms with Crippen LogP contribution < -0.4 is 5.32 Å². The van der Waals surface area contributed by atoms with E-state index in [1.807, 2.05) is 24.3 Å². The number of nitro groups is 1. The van der Waals surface area contributed by atoms with Gasteiger partial charge in [0.25, 0.3) is 5.69 Å². The van der Waals surface area contributed by atoms with Gasteiger partial charge in [-0.15, -0.1) is 0 Å². The van der Waals surface area contributed by atoms with Crippen molar-refractivity contribution in [2.75, 3.05) is 5.32 Å². The van der Waals surface area contributed by atoms with Gasteiger partial charge in [-0.1, -0.05) is 30.3 Å². The van der Waals surface area contributed by atoms with Crippen LogP contribution in [0.1, 0.15) is 18.1 Å². The lowest BCUT2D eigenvalue weighted by Gasteiger charge is -2.17. The maximum absolute atomic E-state index is 10.9. The number of rotatable bonds is 5. The molecule has 1 atom stereocenters. The summed E-state index contributed by atoms with van der Waals surface area (Å²) in [5.41, 5.74) is 2.91. The minimum atomic E-state index is -0.364. The fraction of sp³-hybridized carbons (Fsp3) is 0.250. The second-order valence-corrected chi connectivity index (χ2v) is 5.97. The highest BCUT2D eigenvalue weighted by atomic mass is 79.9. The molecule has 0 fully saturated rings. The Morgan fingerprint density at radius 3 is 2.57 bits per heavy atom. The minimum absolute atomic E-state index is 0.128. The number of anilines is 1. The Morgan fingerprint density at radius 2 is 1.95 bits per heavy atom. The van der Waals surface area contributed by atoms with E-state index >= 15 is 0 Å². The lowest BCUT2D eigenvalue weighted by molar-refractivity contribution is -0.385. The molecule has 0 amide bonds. The molecule has 0 spiro atoms. The molecule has 110 valence electrons. The molecule has 0 heterocycles. The molecule has 0 aromatic heterocycles. The van der Waals surface area contributed by atoms with Gasteiger partial charge in [-0.25, -0.2) is 0 Å². The Bertz CT molecular complexity index is 644. The lowest BCUT2D eigenvalue weighted by atomic mass is 10.1. The summed E-state index contributed by atoms with van der Waals surface area (Å²) in [7, 11) is 0. The summed E-state index contributed by atoms with van der Waals surface area (Å²) >= 11 is 3.40. The zero-order chi connectivity index (χ0) is 15.4. The summed E-state index contributed by atoms with van der Waals surface area (Å²) in [6, 6.07) is 13.8. The van der Waals surface area contributed by atoms with E-state index in [9.17, 15) is 10.1 Å². The summed E-state index contributed by atoms with van der Waals surface area (Å²) in [5, 5.41) is 14.3. The number of nitrogens with one attached hydrogen (secondary N) is 1. The molecule has 0 saturated heterocycles. The lowest BCUT2D eigenvalue weighted by Crippen LogP contribution is -2.18. The predicted octanol–water partition coefficient (Wildman–Crippen LogP) is 4.71. The van der Waals surface area contributed by atoms with Crippen molar-refractivity contribution < 1.29 is 4.92 Å². The van der Waals surface area contributed by atoms with Crippen LogP contribution in [0.4, 0.5) is 11.4 Å². The van der Waals surface area contributed by atoms with Crippen molar-refractivity contribution in [3.8, 4) is 0 Å². The van der Waals surface area contributed by atoms with Gasteiger partial charge in [-0.3, -0.25) is 10.1 Å². The second-order valence-electron chi connectivity index (χ2n) is 5.11. The van der Waals surface area contributed by atoms with E-state index in [1.54, 1.807) is 13.0 Å². The van der Waals surface area contributed by atoms with Crippen LogP contribution >= 0.6 is 15.9 Å². The summed E-state index contributed by atoms with van der Waals surface area (Å²) in [6.45, 7) is 3.84. The highest BCUT2D eigenvalue weighted by molar-refractivity contribution is 9.10. The molecule has 4 nitrogen and oxygen atoms in total. The fourth-order valence-corrected chi connectivity index (χ4v) is 2.71. The molecule has 2 aromatic carbocycles. The van der Waals surface area contributed by atoms with E-state index in [0.717, 1.165) is 12.1 Å². The Labute approximate surface area is 132 Å². The second kappa shape index (κ2) is 6.72. The van der Waals surface area contributed by atoms with E-state index in [4.69, 9.17) is 0 Å². The van der Waals surface area contributed by atoms with E-state index in [2.05, 4.69) is 40.3 Å². The van der Waals surface area contributed by atoms with Crippen LogP contribution in [0.15, 0.2) is 46.9 Å². The number of hydrogen-bond acceptors (Lipinski definition) is 3. The quantitative estimate of drug-likeness (QED) is 0.628. The van der Waals surface area contributed by atoms with Crippen LogP contribution in [0.25, 0.3) is 0 Å². The van der Waals surface area contributed by atoms with Crippen LogP contribution in [0, 0.1) is 17.0 Å². The highest BCUT2D eigenvalue weighted by Gasteiger charge is 2.15. The van der Waals surface area contributed by atoms with Crippen molar-refractivity contribution in [2.45, 2.75) is 26.3 Å². The Hall–Kier alpha value is -1.88. The first kappa shape index (κ1) is 15.5. The van der Waals surface area contributed by atoms with Gasteiger partial charge in [0.05, 0.1) is 4.92 Å². The number of nitrogens with zero attached hydrogens (tertiary/aromatic N) is 1. The first-order chi connectivity index (χ1) is 9.97. The molecule has 0 radical (unpaired) electrons. The summed E-state index contributed by atoms with van der Waals surface area (Å²) in [5.74, 6) is 0. The molecule has 0 aliphatic heterocycles. The molecule has 0 saturated carbocycles. The van der Waals surface area contributed by atoms with E-state index < -0.39 is 0 Å². The molecule has 5 heteroatoms. The molecular weight excluding hydrogens is 332 g/mol. The van der Waals surface area contributed by atoms with Crippen molar-refractivity contribution in [2.24, 2.45) is 0 Å². The van der Waals surface area contributed by atoms with E-state index in [1.165, 1.54) is 5.56 Å². The molecule has 0 aliphatic rings. The van der Waals surface area contributed by atoms with Gasteiger partial charge in [-0.05, 0) is 47.8 Å². The zero-order valence-corrected chi connectivity index (χ0v) is 13.6. The van der Waals surface area contributed by atoms with Gasteiger partial charge in [0.15, 0.2) is 0 Å². The SMILES string of the molecule is Cc1cc(NC(C)Cc2ccccc2)c(Br)cc1[N+](=O)[O-]. The van der Waals surface area contributed by atoms with Crippen LogP contribution in [0.3, 0.4) is 0 Å². The van der Waals surface area contributed by atoms with Crippen molar-refractivity contribution in [1.29, 1.82) is 0 Å². The van der Waals surface area contributed by atoms with Gasteiger partial charge in [0.1, 0.15) is 0 Å². The van der Waals surface area contributed by atoms with Gasteiger partial charge in [-0.2, -0.15) is 0 Å².